The van der Waals surface area contributed by atoms with Crippen molar-refractivity contribution in [3.05, 3.63) is 64.2 Å². The highest BCUT2D eigenvalue weighted by atomic mass is 32.2. The molecular weight excluding hydrogens is 314 g/mol. The van der Waals surface area contributed by atoms with Crippen LogP contribution in [0, 0.1) is 27.7 Å². The third-order valence-corrected chi connectivity index (χ3v) is 5.52. The fraction of sp³-hybridized carbons (Fsp3) is 0.381. The summed E-state index contributed by atoms with van der Waals surface area (Å²) in [5, 5.41) is 3.03. The molecule has 2 aromatic carbocycles. The van der Waals surface area contributed by atoms with Crippen molar-refractivity contribution in [3.8, 4) is 0 Å². The average molecular weight is 342 g/mol. The number of aryl methyl sites for hydroxylation is 4. The van der Waals surface area contributed by atoms with Gasteiger partial charge in [0.2, 0.25) is 5.91 Å². The van der Waals surface area contributed by atoms with Gasteiger partial charge in [0.1, 0.15) is 0 Å². The van der Waals surface area contributed by atoms with Gasteiger partial charge in [0, 0.05) is 4.90 Å². The summed E-state index contributed by atoms with van der Waals surface area (Å²) in [6.45, 7) is 12.4. The monoisotopic (exact) mass is 341 g/mol. The van der Waals surface area contributed by atoms with E-state index in [9.17, 15) is 4.79 Å². The molecule has 0 heterocycles. The van der Waals surface area contributed by atoms with Gasteiger partial charge in [-0.25, -0.2) is 0 Å². The minimum absolute atomic E-state index is 0.0119. The maximum absolute atomic E-state index is 12.5. The number of rotatable bonds is 5. The quantitative estimate of drug-likeness (QED) is 0.750. The van der Waals surface area contributed by atoms with Crippen LogP contribution in [0.15, 0.2) is 41.3 Å². The molecule has 0 aromatic heterocycles. The highest BCUT2D eigenvalue weighted by Gasteiger charge is 2.18. The number of hydrogen-bond donors (Lipinski definition) is 1. The molecule has 2 aromatic rings. The molecular formula is C21H27NOS. The van der Waals surface area contributed by atoms with E-state index in [0.29, 0.717) is 0 Å². The Hall–Kier alpha value is -1.74. The molecule has 2 rings (SSSR count). The lowest BCUT2D eigenvalue weighted by Gasteiger charge is -2.20. The first-order chi connectivity index (χ1) is 11.3. The van der Waals surface area contributed by atoms with Crippen molar-refractivity contribution in [1.29, 1.82) is 0 Å². The fourth-order valence-corrected chi connectivity index (χ4v) is 3.61. The summed E-state index contributed by atoms with van der Waals surface area (Å²) in [5.74, 6) is 0.0747. The second-order valence-corrected chi connectivity index (χ2v) is 8.01. The second-order valence-electron chi connectivity index (χ2n) is 6.60. The van der Waals surface area contributed by atoms with Crippen LogP contribution in [-0.2, 0) is 4.79 Å². The van der Waals surface area contributed by atoms with Crippen LogP contribution >= 0.6 is 11.8 Å². The summed E-state index contributed by atoms with van der Waals surface area (Å²) in [4.78, 5) is 13.7. The molecule has 2 atom stereocenters. The zero-order valence-corrected chi connectivity index (χ0v) is 16.3. The minimum Gasteiger partial charge on any atom is -0.349 e. The van der Waals surface area contributed by atoms with Gasteiger partial charge in [-0.2, -0.15) is 0 Å². The molecule has 0 radical (unpaired) electrons. The topological polar surface area (TPSA) is 29.1 Å². The first-order valence-corrected chi connectivity index (χ1v) is 9.27. The summed E-state index contributed by atoms with van der Waals surface area (Å²) in [6.07, 6.45) is 0. The van der Waals surface area contributed by atoms with Crippen molar-refractivity contribution in [2.75, 3.05) is 0 Å². The summed E-state index contributed by atoms with van der Waals surface area (Å²) in [5.41, 5.74) is 6.20. The summed E-state index contributed by atoms with van der Waals surface area (Å²) in [7, 11) is 0. The van der Waals surface area contributed by atoms with Gasteiger partial charge in [-0.1, -0.05) is 29.8 Å². The highest BCUT2D eigenvalue weighted by molar-refractivity contribution is 8.00. The molecule has 0 saturated carbocycles. The Morgan fingerprint density at radius 3 is 2.12 bits per heavy atom. The third-order valence-electron chi connectivity index (χ3n) is 4.41. The molecule has 2 nitrogen and oxygen atoms in total. The fourth-order valence-electron chi connectivity index (χ4n) is 2.73. The van der Waals surface area contributed by atoms with Crippen LogP contribution in [0.25, 0.3) is 0 Å². The van der Waals surface area contributed by atoms with Gasteiger partial charge in [-0.05, 0) is 75.9 Å². The van der Waals surface area contributed by atoms with E-state index < -0.39 is 0 Å². The van der Waals surface area contributed by atoms with E-state index in [-0.39, 0.29) is 17.2 Å². The van der Waals surface area contributed by atoms with E-state index in [4.69, 9.17) is 0 Å². The zero-order valence-electron chi connectivity index (χ0n) is 15.4. The molecule has 24 heavy (non-hydrogen) atoms. The first kappa shape index (κ1) is 18.6. The van der Waals surface area contributed by atoms with E-state index in [1.54, 1.807) is 11.8 Å². The van der Waals surface area contributed by atoms with E-state index in [0.717, 1.165) is 4.90 Å². The largest absolute Gasteiger partial charge is 0.349 e. The van der Waals surface area contributed by atoms with Crippen LogP contribution in [0.2, 0.25) is 0 Å². The molecule has 0 bridgehead atoms. The standard InChI is InChI=1S/C21H27NOS/c1-13-7-9-19(10-8-13)24-18(6)21(23)22-17(5)20-12-15(3)14(2)11-16(20)4/h7-12,17-18H,1-6H3,(H,22,23)/t17-,18-/m1/s1. The van der Waals surface area contributed by atoms with Gasteiger partial charge in [-0.15, -0.1) is 11.8 Å². The minimum atomic E-state index is -0.123. The van der Waals surface area contributed by atoms with Crippen molar-refractivity contribution < 1.29 is 4.79 Å². The van der Waals surface area contributed by atoms with Crippen molar-refractivity contribution in [1.82, 2.24) is 5.32 Å². The number of nitrogens with one attached hydrogen (secondary N) is 1. The number of amides is 1. The lowest BCUT2D eigenvalue weighted by Crippen LogP contribution is -2.33. The zero-order chi connectivity index (χ0) is 17.9. The molecule has 0 aliphatic rings. The number of hydrogen-bond acceptors (Lipinski definition) is 2. The predicted molar refractivity (Wildman–Crippen MR) is 104 cm³/mol. The average Bonchev–Trinajstić information content (AvgIpc) is 2.52. The Morgan fingerprint density at radius 2 is 1.50 bits per heavy atom. The molecule has 0 fully saturated rings. The van der Waals surface area contributed by atoms with Crippen molar-refractivity contribution >= 4 is 17.7 Å². The number of benzene rings is 2. The lowest BCUT2D eigenvalue weighted by atomic mass is 9.96. The van der Waals surface area contributed by atoms with Gasteiger partial charge < -0.3 is 5.32 Å². The maximum Gasteiger partial charge on any atom is 0.233 e. The molecule has 1 N–H and O–H groups in total. The summed E-state index contributed by atoms with van der Waals surface area (Å²) < 4.78 is 0. The smallest absolute Gasteiger partial charge is 0.233 e. The van der Waals surface area contributed by atoms with Crippen LogP contribution in [-0.4, -0.2) is 11.2 Å². The Balaban J connectivity index is 2.03. The predicted octanol–water partition coefficient (Wildman–Crippen LogP) is 5.28. The third kappa shape index (κ3) is 4.64. The van der Waals surface area contributed by atoms with Gasteiger partial charge in [0.25, 0.3) is 0 Å². The van der Waals surface area contributed by atoms with Crippen LogP contribution in [0.4, 0.5) is 0 Å². The summed E-state index contributed by atoms with van der Waals surface area (Å²) >= 11 is 1.60. The van der Waals surface area contributed by atoms with Crippen molar-refractivity contribution in [2.24, 2.45) is 0 Å². The Bertz CT molecular complexity index is 721. The second kappa shape index (κ2) is 7.89. The molecule has 128 valence electrons. The molecule has 0 aliphatic carbocycles. The SMILES string of the molecule is Cc1ccc(S[C@H](C)C(=O)N[C@H](C)c2cc(C)c(C)cc2C)cc1. The van der Waals surface area contributed by atoms with E-state index in [1.165, 1.54) is 27.8 Å². The Labute approximate surface area is 150 Å². The maximum atomic E-state index is 12.5. The number of carbonyl (C=O) groups is 1. The number of thioether (sulfide) groups is 1. The van der Waals surface area contributed by atoms with Crippen molar-refractivity contribution in [2.45, 2.75) is 57.7 Å². The van der Waals surface area contributed by atoms with Crippen LogP contribution in [0.1, 0.15) is 47.7 Å². The highest BCUT2D eigenvalue weighted by Crippen LogP contribution is 2.25. The molecule has 3 heteroatoms. The normalized spacial score (nSPS) is 13.4. The van der Waals surface area contributed by atoms with Crippen molar-refractivity contribution in [3.63, 3.8) is 0 Å². The van der Waals surface area contributed by atoms with Gasteiger partial charge in [0.15, 0.2) is 0 Å². The van der Waals surface area contributed by atoms with Crippen LogP contribution in [0.3, 0.4) is 0 Å². The van der Waals surface area contributed by atoms with Gasteiger partial charge >= 0.3 is 0 Å². The molecule has 1 amide bonds. The molecule has 0 unspecified atom stereocenters. The van der Waals surface area contributed by atoms with Gasteiger partial charge in [-0.3, -0.25) is 4.79 Å². The molecule has 0 aliphatic heterocycles. The van der Waals surface area contributed by atoms with Crippen LogP contribution < -0.4 is 5.32 Å². The molecule has 0 saturated heterocycles. The number of carbonyl (C=O) groups excluding carboxylic acids is 1. The Kier molecular flexibility index (Phi) is 6.11. The van der Waals surface area contributed by atoms with E-state index >= 15 is 0 Å². The lowest BCUT2D eigenvalue weighted by molar-refractivity contribution is -0.120. The van der Waals surface area contributed by atoms with Gasteiger partial charge in [0.05, 0.1) is 11.3 Å². The van der Waals surface area contributed by atoms with Crippen LogP contribution in [0.5, 0.6) is 0 Å². The first-order valence-electron chi connectivity index (χ1n) is 8.39. The summed E-state index contributed by atoms with van der Waals surface area (Å²) in [6, 6.07) is 12.7. The van der Waals surface area contributed by atoms with E-state index in [1.807, 2.05) is 6.92 Å². The molecule has 0 spiro atoms. The van der Waals surface area contributed by atoms with E-state index in [2.05, 4.69) is 76.3 Å². The Morgan fingerprint density at radius 1 is 0.917 bits per heavy atom.